The van der Waals surface area contributed by atoms with Gasteiger partial charge in [0, 0.05) is 18.9 Å². The summed E-state index contributed by atoms with van der Waals surface area (Å²) in [5, 5.41) is 8.64. The van der Waals surface area contributed by atoms with Crippen LogP contribution < -0.4 is 0 Å². The van der Waals surface area contributed by atoms with E-state index in [1.54, 1.807) is 11.8 Å². The molecule has 1 aliphatic heterocycles. The third kappa shape index (κ3) is 2.65. The Bertz CT molecular complexity index is 286. The molecule has 17 heavy (non-hydrogen) atoms. The van der Waals surface area contributed by atoms with Crippen molar-refractivity contribution in [2.75, 3.05) is 24.7 Å². The van der Waals surface area contributed by atoms with Gasteiger partial charge >= 0.3 is 0 Å². The Morgan fingerprint density at radius 2 is 1.82 bits per heavy atom. The minimum atomic E-state index is -0.00931. The number of likely N-dealkylation sites (tertiary alicyclic amines) is 1. The topological polar surface area (TPSA) is 57.6 Å². The highest BCUT2D eigenvalue weighted by Crippen LogP contribution is 2.39. The third-order valence-corrected chi connectivity index (χ3v) is 4.64. The molecule has 96 valence electrons. The largest absolute Gasteiger partial charge is 0.396 e. The van der Waals surface area contributed by atoms with Crippen molar-refractivity contribution in [2.45, 2.75) is 25.7 Å². The van der Waals surface area contributed by atoms with Gasteiger partial charge in [0.1, 0.15) is 0 Å². The van der Waals surface area contributed by atoms with Gasteiger partial charge in [0.25, 0.3) is 0 Å². The maximum absolute atomic E-state index is 12.0. The third-order valence-electron chi connectivity index (χ3n) is 3.59. The lowest BCUT2D eigenvalue weighted by molar-refractivity contribution is -0.139. The van der Waals surface area contributed by atoms with E-state index < -0.39 is 0 Å². The van der Waals surface area contributed by atoms with E-state index in [9.17, 15) is 9.59 Å². The fourth-order valence-corrected chi connectivity index (χ4v) is 3.55. The Kier molecular flexibility index (Phi) is 4.45. The number of aliphatic hydroxyl groups is 1. The molecule has 2 aliphatic rings. The first-order chi connectivity index (χ1) is 8.25. The molecule has 0 aromatic heterocycles. The highest BCUT2D eigenvalue weighted by Gasteiger charge is 2.49. The molecule has 5 heteroatoms. The summed E-state index contributed by atoms with van der Waals surface area (Å²) < 4.78 is 0. The molecule has 0 aromatic rings. The first-order valence-electron chi connectivity index (χ1n) is 6.29. The quantitative estimate of drug-likeness (QED) is 0.567. The summed E-state index contributed by atoms with van der Waals surface area (Å²) in [6.07, 6.45) is 3.58. The monoisotopic (exact) mass is 257 g/mol. The lowest BCUT2D eigenvalue weighted by atomic mass is 10.00. The van der Waals surface area contributed by atoms with Gasteiger partial charge in [0.05, 0.1) is 11.8 Å². The first-order valence-corrected chi connectivity index (χ1v) is 7.45. The van der Waals surface area contributed by atoms with E-state index in [1.807, 2.05) is 0 Å². The number of hydrogen-bond donors (Lipinski definition) is 1. The van der Waals surface area contributed by atoms with Crippen molar-refractivity contribution in [2.24, 2.45) is 11.8 Å². The first kappa shape index (κ1) is 12.9. The molecule has 1 N–H and O–H groups in total. The van der Waals surface area contributed by atoms with Crippen LogP contribution in [0.1, 0.15) is 25.7 Å². The van der Waals surface area contributed by atoms with Crippen LogP contribution in [0.15, 0.2) is 0 Å². The van der Waals surface area contributed by atoms with Crippen molar-refractivity contribution in [3.05, 3.63) is 0 Å². The number of aliphatic hydroxyl groups excluding tert-OH is 1. The smallest absolute Gasteiger partial charge is 0.233 e. The zero-order valence-corrected chi connectivity index (χ0v) is 10.7. The van der Waals surface area contributed by atoms with Gasteiger partial charge in [0.15, 0.2) is 0 Å². The highest BCUT2D eigenvalue weighted by molar-refractivity contribution is 7.99. The second kappa shape index (κ2) is 5.87. The van der Waals surface area contributed by atoms with Crippen molar-refractivity contribution in [3.63, 3.8) is 0 Å². The Morgan fingerprint density at radius 3 is 2.41 bits per heavy atom. The number of thioether (sulfide) groups is 1. The van der Waals surface area contributed by atoms with E-state index in [-0.39, 0.29) is 30.3 Å². The SMILES string of the molecule is O=C1C2CCCC2C(=O)N1CCSCCCO. The Hall–Kier alpha value is -0.550. The van der Waals surface area contributed by atoms with Crippen LogP contribution in [0.3, 0.4) is 0 Å². The van der Waals surface area contributed by atoms with Gasteiger partial charge in [0.2, 0.25) is 11.8 Å². The van der Waals surface area contributed by atoms with E-state index in [4.69, 9.17) is 5.11 Å². The van der Waals surface area contributed by atoms with Gasteiger partial charge in [-0.1, -0.05) is 6.42 Å². The summed E-state index contributed by atoms with van der Waals surface area (Å²) in [6, 6.07) is 0. The molecule has 2 unspecified atom stereocenters. The van der Waals surface area contributed by atoms with E-state index >= 15 is 0 Å². The van der Waals surface area contributed by atoms with Gasteiger partial charge in [-0.25, -0.2) is 0 Å². The summed E-state index contributed by atoms with van der Waals surface area (Å²) in [5.41, 5.74) is 0. The summed E-state index contributed by atoms with van der Waals surface area (Å²) in [7, 11) is 0. The van der Waals surface area contributed by atoms with Crippen LogP contribution in [-0.2, 0) is 9.59 Å². The van der Waals surface area contributed by atoms with E-state index in [0.29, 0.717) is 6.54 Å². The number of imide groups is 1. The van der Waals surface area contributed by atoms with Crippen LogP contribution in [0.4, 0.5) is 0 Å². The summed E-state index contributed by atoms with van der Waals surface area (Å²) in [4.78, 5) is 25.4. The number of carbonyl (C=O) groups is 2. The zero-order valence-electron chi connectivity index (χ0n) is 9.93. The number of hydrogen-bond acceptors (Lipinski definition) is 4. The number of carbonyl (C=O) groups excluding carboxylic acids is 2. The van der Waals surface area contributed by atoms with Crippen LogP contribution in [-0.4, -0.2) is 46.5 Å². The number of fused-ring (bicyclic) bond motifs is 1. The maximum atomic E-state index is 12.0. The van der Waals surface area contributed by atoms with Crippen LogP contribution in [0.2, 0.25) is 0 Å². The molecule has 0 bridgehead atoms. The molecule has 1 saturated carbocycles. The van der Waals surface area contributed by atoms with Crippen molar-refractivity contribution in [3.8, 4) is 0 Å². The maximum Gasteiger partial charge on any atom is 0.233 e. The second-order valence-corrected chi connectivity index (χ2v) is 5.89. The molecule has 0 radical (unpaired) electrons. The average molecular weight is 257 g/mol. The van der Waals surface area contributed by atoms with Crippen molar-refractivity contribution < 1.29 is 14.7 Å². The molecule has 1 heterocycles. The summed E-state index contributed by atoms with van der Waals surface area (Å²) >= 11 is 1.69. The molecule has 0 spiro atoms. The van der Waals surface area contributed by atoms with E-state index in [2.05, 4.69) is 0 Å². The lowest BCUT2D eigenvalue weighted by Gasteiger charge is -2.15. The highest BCUT2D eigenvalue weighted by atomic mass is 32.2. The molecule has 2 fully saturated rings. The van der Waals surface area contributed by atoms with E-state index in [0.717, 1.165) is 37.2 Å². The van der Waals surface area contributed by atoms with Crippen LogP contribution in [0.5, 0.6) is 0 Å². The minimum absolute atomic E-state index is 0.00931. The van der Waals surface area contributed by atoms with Gasteiger partial charge < -0.3 is 5.11 Å². The molecule has 1 aliphatic carbocycles. The van der Waals surface area contributed by atoms with Crippen LogP contribution >= 0.6 is 11.8 Å². The van der Waals surface area contributed by atoms with Crippen molar-refractivity contribution in [1.82, 2.24) is 4.90 Å². The predicted octanol–water partition coefficient (Wildman–Crippen LogP) is 0.887. The molecule has 0 aromatic carbocycles. The molecular formula is C12H19NO3S. The summed E-state index contributed by atoms with van der Waals surface area (Å²) in [6.45, 7) is 0.749. The number of rotatable bonds is 6. The van der Waals surface area contributed by atoms with Crippen LogP contribution in [0, 0.1) is 11.8 Å². The Morgan fingerprint density at radius 1 is 1.18 bits per heavy atom. The predicted molar refractivity (Wildman–Crippen MR) is 66.6 cm³/mol. The van der Waals surface area contributed by atoms with Gasteiger partial charge in [-0.05, 0) is 25.0 Å². The zero-order chi connectivity index (χ0) is 12.3. The molecular weight excluding hydrogens is 238 g/mol. The van der Waals surface area contributed by atoms with Crippen molar-refractivity contribution >= 4 is 23.6 Å². The van der Waals surface area contributed by atoms with Gasteiger partial charge in [-0.3, -0.25) is 14.5 Å². The normalized spacial score (nSPS) is 27.9. The minimum Gasteiger partial charge on any atom is -0.396 e. The number of nitrogens with zero attached hydrogens (tertiary/aromatic N) is 1. The fraction of sp³-hybridized carbons (Fsp3) is 0.833. The second-order valence-electron chi connectivity index (χ2n) is 4.66. The van der Waals surface area contributed by atoms with Crippen molar-refractivity contribution in [1.29, 1.82) is 0 Å². The fourth-order valence-electron chi connectivity index (χ4n) is 2.71. The Labute approximate surface area is 106 Å². The Balaban J connectivity index is 1.77. The van der Waals surface area contributed by atoms with Gasteiger partial charge in [-0.15, -0.1) is 0 Å². The summed E-state index contributed by atoms with van der Waals surface area (Å²) in [5.74, 6) is 1.77. The molecule has 4 nitrogen and oxygen atoms in total. The molecule has 2 amide bonds. The molecule has 2 rings (SSSR count). The molecule has 1 saturated heterocycles. The average Bonchev–Trinajstić information content (AvgIpc) is 2.88. The lowest BCUT2D eigenvalue weighted by Crippen LogP contribution is -2.33. The number of amides is 2. The van der Waals surface area contributed by atoms with Gasteiger partial charge in [-0.2, -0.15) is 11.8 Å². The van der Waals surface area contributed by atoms with Crippen LogP contribution in [0.25, 0.3) is 0 Å². The standard InChI is InChI=1S/C12H19NO3S/c14-6-2-7-17-8-5-13-11(15)9-3-1-4-10(9)12(13)16/h9-10,14H,1-8H2. The van der Waals surface area contributed by atoms with E-state index in [1.165, 1.54) is 4.90 Å². The molecule has 2 atom stereocenters.